The molecule has 1 aliphatic heterocycles. The molecule has 164 valence electrons. The SMILES string of the molecule is CC(Nc1ccc(NC(=O)C2CCCN2C(=O)c2ccc(Br)cc2)cc1)c1ccccc1. The zero-order chi connectivity index (χ0) is 22.5. The quantitative estimate of drug-likeness (QED) is 0.453. The molecule has 0 spiro atoms. The van der Waals surface area contributed by atoms with Gasteiger partial charge in [0.1, 0.15) is 6.04 Å². The first-order chi connectivity index (χ1) is 15.5. The number of rotatable bonds is 6. The van der Waals surface area contributed by atoms with Crippen molar-refractivity contribution in [3.8, 4) is 0 Å². The fraction of sp³-hybridized carbons (Fsp3) is 0.231. The van der Waals surface area contributed by atoms with Gasteiger partial charge in [-0.15, -0.1) is 0 Å². The van der Waals surface area contributed by atoms with Crippen LogP contribution in [0.1, 0.15) is 41.7 Å². The molecule has 2 amide bonds. The third-order valence-electron chi connectivity index (χ3n) is 5.74. The van der Waals surface area contributed by atoms with Gasteiger partial charge in [-0.3, -0.25) is 9.59 Å². The Morgan fingerprint density at radius 2 is 1.59 bits per heavy atom. The van der Waals surface area contributed by atoms with Gasteiger partial charge in [-0.1, -0.05) is 46.3 Å². The van der Waals surface area contributed by atoms with Crippen molar-refractivity contribution in [2.24, 2.45) is 0 Å². The molecule has 1 fully saturated rings. The summed E-state index contributed by atoms with van der Waals surface area (Å²) in [6.45, 7) is 2.70. The molecule has 0 radical (unpaired) electrons. The van der Waals surface area contributed by atoms with Crippen LogP contribution in [0.2, 0.25) is 0 Å². The number of carbonyl (C=O) groups is 2. The summed E-state index contributed by atoms with van der Waals surface area (Å²) in [4.78, 5) is 27.5. The van der Waals surface area contributed by atoms with Crippen molar-refractivity contribution in [3.63, 3.8) is 0 Å². The van der Waals surface area contributed by atoms with E-state index in [1.54, 1.807) is 17.0 Å². The summed E-state index contributed by atoms with van der Waals surface area (Å²) in [5.41, 5.74) is 3.50. The lowest BCUT2D eigenvalue weighted by atomic mass is 10.1. The highest BCUT2D eigenvalue weighted by Crippen LogP contribution is 2.24. The van der Waals surface area contributed by atoms with Crippen molar-refractivity contribution in [2.45, 2.75) is 31.8 Å². The van der Waals surface area contributed by atoms with Gasteiger partial charge in [0.05, 0.1) is 0 Å². The molecule has 1 aliphatic rings. The number of hydrogen-bond donors (Lipinski definition) is 2. The molecule has 32 heavy (non-hydrogen) atoms. The molecule has 4 rings (SSSR count). The number of hydrogen-bond acceptors (Lipinski definition) is 3. The lowest BCUT2D eigenvalue weighted by Crippen LogP contribution is -2.43. The fourth-order valence-electron chi connectivity index (χ4n) is 3.99. The van der Waals surface area contributed by atoms with Crippen LogP contribution in [0.3, 0.4) is 0 Å². The van der Waals surface area contributed by atoms with Crippen molar-refractivity contribution in [3.05, 3.63) is 94.5 Å². The highest BCUT2D eigenvalue weighted by Gasteiger charge is 2.34. The second kappa shape index (κ2) is 10.0. The van der Waals surface area contributed by atoms with E-state index in [2.05, 4.69) is 45.6 Å². The average Bonchev–Trinajstić information content (AvgIpc) is 3.31. The predicted octanol–water partition coefficient (Wildman–Crippen LogP) is 5.87. The maximum absolute atomic E-state index is 12.9. The number of halogens is 1. The molecule has 2 atom stereocenters. The molecule has 1 heterocycles. The Bertz CT molecular complexity index is 1070. The van der Waals surface area contributed by atoms with E-state index < -0.39 is 6.04 Å². The first-order valence-corrected chi connectivity index (χ1v) is 11.6. The number of nitrogens with zero attached hydrogens (tertiary/aromatic N) is 1. The summed E-state index contributed by atoms with van der Waals surface area (Å²) < 4.78 is 0.917. The molecule has 2 unspecified atom stereocenters. The van der Waals surface area contributed by atoms with Crippen LogP contribution >= 0.6 is 15.9 Å². The molecule has 1 saturated heterocycles. The number of anilines is 2. The molecule has 0 bridgehead atoms. The highest BCUT2D eigenvalue weighted by atomic mass is 79.9. The molecular formula is C26H26BrN3O2. The second-order valence-electron chi connectivity index (χ2n) is 8.01. The summed E-state index contributed by atoms with van der Waals surface area (Å²) in [7, 11) is 0. The van der Waals surface area contributed by atoms with E-state index in [0.29, 0.717) is 18.5 Å². The number of benzene rings is 3. The molecule has 0 saturated carbocycles. The monoisotopic (exact) mass is 491 g/mol. The maximum atomic E-state index is 12.9. The van der Waals surface area contributed by atoms with Gasteiger partial charge in [-0.25, -0.2) is 0 Å². The van der Waals surface area contributed by atoms with Crippen LogP contribution in [0.25, 0.3) is 0 Å². The molecule has 0 aromatic heterocycles. The lowest BCUT2D eigenvalue weighted by Gasteiger charge is -2.24. The van der Waals surface area contributed by atoms with Gasteiger partial charge in [-0.05, 0) is 73.9 Å². The second-order valence-corrected chi connectivity index (χ2v) is 8.92. The van der Waals surface area contributed by atoms with Crippen molar-refractivity contribution in [1.29, 1.82) is 0 Å². The van der Waals surface area contributed by atoms with E-state index in [9.17, 15) is 9.59 Å². The lowest BCUT2D eigenvalue weighted by molar-refractivity contribution is -0.119. The van der Waals surface area contributed by atoms with Crippen molar-refractivity contribution >= 4 is 39.1 Å². The Balaban J connectivity index is 1.37. The van der Waals surface area contributed by atoms with Gasteiger partial charge in [0, 0.05) is 34.0 Å². The van der Waals surface area contributed by atoms with E-state index >= 15 is 0 Å². The molecule has 2 N–H and O–H groups in total. The van der Waals surface area contributed by atoms with Crippen molar-refractivity contribution in [2.75, 3.05) is 17.2 Å². The van der Waals surface area contributed by atoms with Gasteiger partial charge in [0.25, 0.3) is 5.91 Å². The zero-order valence-corrected chi connectivity index (χ0v) is 19.5. The predicted molar refractivity (Wildman–Crippen MR) is 132 cm³/mol. The minimum Gasteiger partial charge on any atom is -0.379 e. The number of nitrogens with one attached hydrogen (secondary N) is 2. The summed E-state index contributed by atoms with van der Waals surface area (Å²) in [5.74, 6) is -0.254. The van der Waals surface area contributed by atoms with Gasteiger partial charge in [0.2, 0.25) is 5.91 Å². The van der Waals surface area contributed by atoms with E-state index in [0.717, 1.165) is 22.3 Å². The smallest absolute Gasteiger partial charge is 0.254 e. The standard InChI is InChI=1S/C26H26BrN3O2/c1-18(19-6-3-2-4-7-19)28-22-13-15-23(16-14-22)29-25(31)24-8-5-17-30(24)26(32)20-9-11-21(27)12-10-20/h2-4,6-7,9-16,18,24,28H,5,8,17H2,1H3,(H,29,31). The largest absolute Gasteiger partial charge is 0.379 e. The van der Waals surface area contributed by atoms with Crippen LogP contribution < -0.4 is 10.6 Å². The number of carbonyl (C=O) groups excluding carboxylic acids is 2. The van der Waals surface area contributed by atoms with Gasteiger partial charge in [0.15, 0.2) is 0 Å². The summed E-state index contributed by atoms with van der Waals surface area (Å²) >= 11 is 3.39. The van der Waals surface area contributed by atoms with E-state index in [-0.39, 0.29) is 17.9 Å². The minimum atomic E-state index is -0.456. The van der Waals surface area contributed by atoms with Crippen LogP contribution in [0.4, 0.5) is 11.4 Å². The third kappa shape index (κ3) is 5.19. The summed E-state index contributed by atoms with van der Waals surface area (Å²) in [6.07, 6.45) is 1.49. The summed E-state index contributed by atoms with van der Waals surface area (Å²) in [6, 6.07) is 24.9. The molecular weight excluding hydrogens is 466 g/mol. The van der Waals surface area contributed by atoms with Gasteiger partial charge < -0.3 is 15.5 Å². The van der Waals surface area contributed by atoms with Crippen LogP contribution in [0, 0.1) is 0 Å². The molecule has 3 aromatic rings. The topological polar surface area (TPSA) is 61.4 Å². The van der Waals surface area contributed by atoms with E-state index in [1.165, 1.54) is 5.56 Å². The average molecular weight is 492 g/mol. The van der Waals surface area contributed by atoms with Crippen molar-refractivity contribution < 1.29 is 9.59 Å². The highest BCUT2D eigenvalue weighted by molar-refractivity contribution is 9.10. The first kappa shape index (κ1) is 22.1. The Hall–Kier alpha value is -3.12. The van der Waals surface area contributed by atoms with E-state index in [4.69, 9.17) is 0 Å². The maximum Gasteiger partial charge on any atom is 0.254 e. The molecule has 3 aromatic carbocycles. The summed E-state index contributed by atoms with van der Waals surface area (Å²) in [5, 5.41) is 6.44. The van der Waals surface area contributed by atoms with Crippen LogP contribution in [-0.4, -0.2) is 29.3 Å². The Morgan fingerprint density at radius 3 is 2.28 bits per heavy atom. The van der Waals surface area contributed by atoms with Gasteiger partial charge in [-0.2, -0.15) is 0 Å². The van der Waals surface area contributed by atoms with Crippen LogP contribution in [-0.2, 0) is 4.79 Å². The number of amides is 2. The Labute approximate surface area is 197 Å². The number of likely N-dealkylation sites (tertiary alicyclic amines) is 1. The Morgan fingerprint density at radius 1 is 0.938 bits per heavy atom. The molecule has 6 heteroatoms. The van der Waals surface area contributed by atoms with Crippen LogP contribution in [0.5, 0.6) is 0 Å². The third-order valence-corrected chi connectivity index (χ3v) is 6.27. The molecule has 5 nitrogen and oxygen atoms in total. The first-order valence-electron chi connectivity index (χ1n) is 10.8. The normalized spacial score (nSPS) is 16.4. The molecule has 0 aliphatic carbocycles. The van der Waals surface area contributed by atoms with Crippen LogP contribution in [0.15, 0.2) is 83.3 Å². The minimum absolute atomic E-state index is 0.107. The van der Waals surface area contributed by atoms with Crippen molar-refractivity contribution in [1.82, 2.24) is 4.90 Å². The zero-order valence-electron chi connectivity index (χ0n) is 17.9. The van der Waals surface area contributed by atoms with E-state index in [1.807, 2.05) is 54.6 Å². The van der Waals surface area contributed by atoms with Gasteiger partial charge >= 0.3 is 0 Å². The Kier molecular flexibility index (Phi) is 6.90. The fourth-order valence-corrected chi connectivity index (χ4v) is 4.26.